The molecular formula is C10H9NO2S. The van der Waals surface area contributed by atoms with Crippen molar-refractivity contribution < 1.29 is 9.90 Å². The number of para-hydroxylation sites is 1. The standard InChI is InChI=1S/C10H9NO2S/c12-10(13)5-7-6-11-8-3-1-2-4-9(8)14-7/h1-4,6,11H,5H2,(H,12,13). The number of hydrogen-bond acceptors (Lipinski definition) is 3. The van der Waals surface area contributed by atoms with E-state index in [0.717, 1.165) is 15.5 Å². The van der Waals surface area contributed by atoms with Gasteiger partial charge in [0.15, 0.2) is 0 Å². The molecular weight excluding hydrogens is 198 g/mol. The number of anilines is 1. The van der Waals surface area contributed by atoms with Gasteiger partial charge < -0.3 is 10.4 Å². The van der Waals surface area contributed by atoms with Crippen LogP contribution in [0, 0.1) is 0 Å². The van der Waals surface area contributed by atoms with E-state index in [0.29, 0.717) is 0 Å². The molecule has 0 atom stereocenters. The van der Waals surface area contributed by atoms with Crippen LogP contribution in [-0.4, -0.2) is 11.1 Å². The minimum Gasteiger partial charge on any atom is -0.481 e. The summed E-state index contributed by atoms with van der Waals surface area (Å²) in [6, 6.07) is 7.83. The topological polar surface area (TPSA) is 49.3 Å². The summed E-state index contributed by atoms with van der Waals surface area (Å²) in [5.41, 5.74) is 1.03. The van der Waals surface area contributed by atoms with E-state index in [2.05, 4.69) is 5.32 Å². The van der Waals surface area contributed by atoms with Crippen LogP contribution in [0.15, 0.2) is 40.3 Å². The predicted octanol–water partition coefficient (Wildman–Crippen LogP) is 2.52. The van der Waals surface area contributed by atoms with Crippen molar-refractivity contribution in [2.24, 2.45) is 0 Å². The van der Waals surface area contributed by atoms with Gasteiger partial charge in [0, 0.05) is 16.0 Å². The number of benzene rings is 1. The van der Waals surface area contributed by atoms with Crippen molar-refractivity contribution in [3.05, 3.63) is 35.4 Å². The number of thioether (sulfide) groups is 1. The summed E-state index contributed by atoms with van der Waals surface area (Å²) in [6.45, 7) is 0. The molecule has 2 N–H and O–H groups in total. The lowest BCUT2D eigenvalue weighted by molar-refractivity contribution is -0.136. The smallest absolute Gasteiger partial charge is 0.308 e. The third-order valence-corrected chi connectivity index (χ3v) is 2.94. The quantitative estimate of drug-likeness (QED) is 0.782. The number of nitrogens with one attached hydrogen (secondary N) is 1. The number of fused-ring (bicyclic) bond motifs is 1. The maximum atomic E-state index is 10.5. The van der Waals surface area contributed by atoms with Crippen molar-refractivity contribution in [3.8, 4) is 0 Å². The molecule has 1 aromatic carbocycles. The van der Waals surface area contributed by atoms with Gasteiger partial charge >= 0.3 is 5.97 Å². The zero-order valence-corrected chi connectivity index (χ0v) is 8.17. The Bertz CT molecular complexity index is 401. The minimum atomic E-state index is -0.801. The van der Waals surface area contributed by atoms with Crippen LogP contribution in [-0.2, 0) is 4.79 Å². The van der Waals surface area contributed by atoms with Crippen LogP contribution in [0.25, 0.3) is 0 Å². The Kier molecular flexibility index (Phi) is 2.45. The number of carboxylic acid groups (broad SMARTS) is 1. The Labute approximate surface area is 85.8 Å². The summed E-state index contributed by atoms with van der Waals surface area (Å²) in [4.78, 5) is 12.4. The molecule has 1 heterocycles. The summed E-state index contributed by atoms with van der Waals surface area (Å²) in [7, 11) is 0. The van der Waals surface area contributed by atoms with Gasteiger partial charge in [-0.2, -0.15) is 0 Å². The monoisotopic (exact) mass is 207 g/mol. The zero-order valence-electron chi connectivity index (χ0n) is 7.36. The molecule has 4 heteroatoms. The van der Waals surface area contributed by atoms with Crippen molar-refractivity contribution in [3.63, 3.8) is 0 Å². The maximum Gasteiger partial charge on any atom is 0.308 e. The third kappa shape index (κ3) is 1.90. The fourth-order valence-electron chi connectivity index (χ4n) is 1.24. The highest BCUT2D eigenvalue weighted by Crippen LogP contribution is 2.37. The van der Waals surface area contributed by atoms with E-state index in [1.807, 2.05) is 24.3 Å². The Balaban J connectivity index is 2.17. The minimum absolute atomic E-state index is 0.0754. The molecule has 0 bridgehead atoms. The second kappa shape index (κ2) is 3.75. The lowest BCUT2D eigenvalue weighted by atomic mass is 10.3. The Morgan fingerprint density at radius 3 is 3.00 bits per heavy atom. The summed E-state index contributed by atoms with van der Waals surface area (Å²) < 4.78 is 0. The van der Waals surface area contributed by atoms with Gasteiger partial charge in [0.2, 0.25) is 0 Å². The predicted molar refractivity (Wildman–Crippen MR) is 56.3 cm³/mol. The summed E-state index contributed by atoms with van der Waals surface area (Å²) in [6.07, 6.45) is 1.83. The molecule has 0 spiro atoms. The fourth-order valence-corrected chi connectivity index (χ4v) is 2.22. The fraction of sp³-hybridized carbons (Fsp3) is 0.100. The van der Waals surface area contributed by atoms with Crippen LogP contribution in [0.1, 0.15) is 6.42 Å². The maximum absolute atomic E-state index is 10.5. The average Bonchev–Trinajstić information content (AvgIpc) is 2.17. The number of aliphatic carboxylic acids is 1. The van der Waals surface area contributed by atoms with Crippen molar-refractivity contribution in [1.29, 1.82) is 0 Å². The summed E-state index contributed by atoms with van der Waals surface area (Å²) in [5.74, 6) is -0.801. The molecule has 1 aromatic rings. The number of carboxylic acids is 1. The van der Waals surface area contributed by atoms with Gasteiger partial charge in [-0.1, -0.05) is 23.9 Å². The van der Waals surface area contributed by atoms with Gasteiger partial charge in [0.1, 0.15) is 0 Å². The van der Waals surface area contributed by atoms with Crippen LogP contribution >= 0.6 is 11.8 Å². The molecule has 0 saturated heterocycles. The first-order valence-corrected chi connectivity index (χ1v) is 5.01. The third-order valence-electron chi connectivity index (χ3n) is 1.84. The molecule has 3 nitrogen and oxygen atoms in total. The van der Waals surface area contributed by atoms with Crippen molar-refractivity contribution >= 4 is 23.4 Å². The van der Waals surface area contributed by atoms with Crippen LogP contribution in [0.2, 0.25) is 0 Å². The average molecular weight is 207 g/mol. The lowest BCUT2D eigenvalue weighted by Gasteiger charge is -2.16. The van der Waals surface area contributed by atoms with Gasteiger partial charge in [0.25, 0.3) is 0 Å². The summed E-state index contributed by atoms with van der Waals surface area (Å²) in [5, 5.41) is 11.7. The lowest BCUT2D eigenvalue weighted by Crippen LogP contribution is -2.02. The van der Waals surface area contributed by atoms with Crippen molar-refractivity contribution in [1.82, 2.24) is 0 Å². The van der Waals surface area contributed by atoms with E-state index in [9.17, 15) is 4.79 Å². The molecule has 2 rings (SSSR count). The molecule has 0 aromatic heterocycles. The van der Waals surface area contributed by atoms with Crippen LogP contribution in [0.3, 0.4) is 0 Å². The van der Waals surface area contributed by atoms with Gasteiger partial charge in [0.05, 0.1) is 12.1 Å². The summed E-state index contributed by atoms with van der Waals surface area (Å²) >= 11 is 1.50. The first-order chi connectivity index (χ1) is 6.75. The SMILES string of the molecule is O=C(O)CC1=CNc2ccccc2S1. The molecule has 72 valence electrons. The van der Waals surface area contributed by atoms with E-state index in [4.69, 9.17) is 5.11 Å². The molecule has 0 saturated carbocycles. The van der Waals surface area contributed by atoms with E-state index >= 15 is 0 Å². The Morgan fingerprint density at radius 2 is 2.21 bits per heavy atom. The molecule has 1 aliphatic heterocycles. The number of carbonyl (C=O) groups is 1. The largest absolute Gasteiger partial charge is 0.481 e. The Morgan fingerprint density at radius 1 is 1.43 bits per heavy atom. The highest BCUT2D eigenvalue weighted by Gasteiger charge is 2.12. The highest BCUT2D eigenvalue weighted by molar-refractivity contribution is 8.03. The van der Waals surface area contributed by atoms with Crippen LogP contribution < -0.4 is 5.32 Å². The van der Waals surface area contributed by atoms with E-state index < -0.39 is 5.97 Å². The number of rotatable bonds is 2. The zero-order chi connectivity index (χ0) is 9.97. The first kappa shape index (κ1) is 9.15. The van der Waals surface area contributed by atoms with E-state index in [1.54, 1.807) is 6.20 Å². The van der Waals surface area contributed by atoms with E-state index in [-0.39, 0.29) is 6.42 Å². The molecule has 0 aliphatic carbocycles. The number of hydrogen-bond donors (Lipinski definition) is 2. The Hall–Kier alpha value is -1.42. The normalized spacial score (nSPS) is 13.9. The van der Waals surface area contributed by atoms with E-state index in [1.165, 1.54) is 11.8 Å². The molecule has 0 radical (unpaired) electrons. The molecule has 0 amide bonds. The van der Waals surface area contributed by atoms with Crippen LogP contribution in [0.4, 0.5) is 5.69 Å². The molecule has 0 fully saturated rings. The highest BCUT2D eigenvalue weighted by atomic mass is 32.2. The second-order valence-electron chi connectivity index (χ2n) is 2.92. The van der Waals surface area contributed by atoms with Gasteiger partial charge in [-0.3, -0.25) is 4.79 Å². The van der Waals surface area contributed by atoms with Gasteiger partial charge in [-0.05, 0) is 12.1 Å². The van der Waals surface area contributed by atoms with Gasteiger partial charge in [-0.25, -0.2) is 0 Å². The second-order valence-corrected chi connectivity index (χ2v) is 4.09. The van der Waals surface area contributed by atoms with Crippen LogP contribution in [0.5, 0.6) is 0 Å². The molecule has 0 unspecified atom stereocenters. The van der Waals surface area contributed by atoms with Crippen molar-refractivity contribution in [2.45, 2.75) is 11.3 Å². The molecule has 1 aliphatic rings. The van der Waals surface area contributed by atoms with Crippen molar-refractivity contribution in [2.75, 3.05) is 5.32 Å². The molecule has 14 heavy (non-hydrogen) atoms. The van der Waals surface area contributed by atoms with Gasteiger partial charge in [-0.15, -0.1) is 0 Å². The first-order valence-electron chi connectivity index (χ1n) is 4.20.